The molecule has 0 aromatic heterocycles. The van der Waals surface area contributed by atoms with Gasteiger partial charge in [-0.25, -0.2) is 0 Å². The molecule has 1 aliphatic carbocycles. The lowest BCUT2D eigenvalue weighted by molar-refractivity contribution is -0.121. The average molecular weight is 541 g/mol. The van der Waals surface area contributed by atoms with Crippen molar-refractivity contribution < 1.29 is 9.59 Å². The van der Waals surface area contributed by atoms with Gasteiger partial charge in [-0.15, -0.1) is 0 Å². The molecule has 6 heteroatoms. The summed E-state index contributed by atoms with van der Waals surface area (Å²) < 4.78 is 0. The minimum Gasteiger partial charge on any atom is -0.388 e. The number of rotatable bonds is 10. The summed E-state index contributed by atoms with van der Waals surface area (Å²) in [4.78, 5) is 28.1. The third-order valence-corrected chi connectivity index (χ3v) is 7.71. The summed E-state index contributed by atoms with van der Waals surface area (Å²) in [7, 11) is 3.77. The van der Waals surface area contributed by atoms with E-state index < -0.39 is 0 Å². The number of aliphatic imine (C=N–C) groups is 1. The molecule has 0 bridgehead atoms. The van der Waals surface area contributed by atoms with E-state index in [1.54, 1.807) is 0 Å². The number of nitrogens with zero attached hydrogens (tertiary/aromatic N) is 1. The lowest BCUT2D eigenvalue weighted by Crippen LogP contribution is -2.25. The van der Waals surface area contributed by atoms with Gasteiger partial charge in [-0.3, -0.25) is 9.79 Å². The highest BCUT2D eigenvalue weighted by Crippen LogP contribution is 2.39. The second kappa shape index (κ2) is 15.6. The van der Waals surface area contributed by atoms with Crippen LogP contribution in [0.15, 0.2) is 77.8 Å². The third-order valence-electron chi connectivity index (χ3n) is 7.71. The summed E-state index contributed by atoms with van der Waals surface area (Å²) >= 11 is 0. The maximum atomic E-state index is 12.9. The monoisotopic (exact) mass is 540 g/mol. The first-order valence-corrected chi connectivity index (χ1v) is 14.4. The van der Waals surface area contributed by atoms with Crippen LogP contribution >= 0.6 is 0 Å². The molecule has 0 heterocycles. The van der Waals surface area contributed by atoms with Crippen molar-refractivity contribution in [2.24, 2.45) is 22.7 Å². The van der Waals surface area contributed by atoms with Crippen molar-refractivity contribution >= 4 is 41.2 Å². The van der Waals surface area contributed by atoms with Crippen LogP contribution in [0.4, 0.5) is 22.7 Å². The zero-order chi connectivity index (χ0) is 28.9. The summed E-state index contributed by atoms with van der Waals surface area (Å²) in [6.45, 7) is 6.44. The maximum absolute atomic E-state index is 12.9. The molecule has 0 aliphatic heterocycles. The average Bonchev–Trinajstić information content (AvgIpc) is 3.39. The van der Waals surface area contributed by atoms with Gasteiger partial charge in [0.1, 0.15) is 6.29 Å². The smallest absolute Gasteiger partial charge is 0.227 e. The van der Waals surface area contributed by atoms with Crippen LogP contribution in [0, 0.1) is 17.8 Å². The lowest BCUT2D eigenvalue weighted by Gasteiger charge is -2.18. The van der Waals surface area contributed by atoms with E-state index in [2.05, 4.69) is 34.8 Å². The second-order valence-corrected chi connectivity index (χ2v) is 10.5. The van der Waals surface area contributed by atoms with Crippen molar-refractivity contribution in [1.29, 1.82) is 0 Å². The Balaban J connectivity index is 0.000000336. The third kappa shape index (κ3) is 8.54. The number of carbonyl (C=O) groups is 2. The molecule has 4 rings (SSSR count). The van der Waals surface area contributed by atoms with Crippen molar-refractivity contribution in [3.8, 4) is 0 Å². The van der Waals surface area contributed by atoms with E-state index in [1.807, 2.05) is 100 Å². The van der Waals surface area contributed by atoms with E-state index in [4.69, 9.17) is 0 Å². The van der Waals surface area contributed by atoms with E-state index in [1.165, 1.54) is 0 Å². The number of benzene rings is 3. The Morgan fingerprint density at radius 3 is 2.25 bits per heavy atom. The van der Waals surface area contributed by atoms with Crippen molar-refractivity contribution in [3.63, 3.8) is 0 Å². The first-order valence-electron chi connectivity index (χ1n) is 14.4. The molecule has 1 aliphatic rings. The number of anilines is 3. The normalized spacial score (nSPS) is 18.9. The largest absolute Gasteiger partial charge is 0.388 e. The van der Waals surface area contributed by atoms with Gasteiger partial charge in [-0.2, -0.15) is 0 Å². The summed E-state index contributed by atoms with van der Waals surface area (Å²) in [6, 6.07) is 23.8. The minimum absolute atomic E-state index is 0.0798. The van der Waals surface area contributed by atoms with Crippen molar-refractivity contribution in [2.75, 3.05) is 30.0 Å². The second-order valence-electron chi connectivity index (χ2n) is 10.5. The molecule has 4 atom stereocenters. The van der Waals surface area contributed by atoms with Crippen LogP contribution in [-0.2, 0) is 9.59 Å². The van der Waals surface area contributed by atoms with Gasteiger partial charge in [0, 0.05) is 43.5 Å². The number of carbonyl (C=O) groups excluding carboxylic acids is 2. The molecule has 1 amide bonds. The van der Waals surface area contributed by atoms with Crippen LogP contribution in [0.1, 0.15) is 63.5 Å². The topological polar surface area (TPSA) is 82.6 Å². The predicted molar refractivity (Wildman–Crippen MR) is 169 cm³/mol. The Bertz CT molecular complexity index is 1240. The molecule has 0 saturated heterocycles. The molecule has 3 aromatic carbocycles. The summed E-state index contributed by atoms with van der Waals surface area (Å²) in [5.41, 5.74) is 5.72. The number of aldehydes is 1. The Morgan fingerprint density at radius 2 is 1.65 bits per heavy atom. The zero-order valence-corrected chi connectivity index (χ0v) is 24.5. The summed E-state index contributed by atoms with van der Waals surface area (Å²) in [5.74, 6) is 1.43. The molecule has 1 saturated carbocycles. The molecular formula is C34H44N4O2. The molecule has 3 N–H and O–H groups in total. The highest BCUT2D eigenvalue weighted by atomic mass is 16.2. The van der Waals surface area contributed by atoms with Crippen LogP contribution in [0.5, 0.6) is 0 Å². The fraction of sp³-hybridized carbons (Fsp3) is 0.382. The van der Waals surface area contributed by atoms with Gasteiger partial charge in [0.2, 0.25) is 5.91 Å². The highest BCUT2D eigenvalue weighted by molar-refractivity contribution is 5.94. The van der Waals surface area contributed by atoms with Crippen molar-refractivity contribution in [3.05, 3.63) is 83.9 Å². The van der Waals surface area contributed by atoms with Gasteiger partial charge in [0.15, 0.2) is 0 Å². The fourth-order valence-corrected chi connectivity index (χ4v) is 5.33. The zero-order valence-electron chi connectivity index (χ0n) is 24.5. The Morgan fingerprint density at radius 1 is 0.950 bits per heavy atom. The Hall–Kier alpha value is -3.93. The van der Waals surface area contributed by atoms with E-state index in [0.717, 1.165) is 65.8 Å². The van der Waals surface area contributed by atoms with Crippen molar-refractivity contribution in [2.45, 2.75) is 52.4 Å². The molecule has 0 spiro atoms. The molecule has 212 valence electrons. The van der Waals surface area contributed by atoms with E-state index >= 15 is 0 Å². The van der Waals surface area contributed by atoms with Gasteiger partial charge in [0.05, 0.1) is 11.4 Å². The summed E-state index contributed by atoms with van der Waals surface area (Å²) in [5, 5.41) is 9.41. The minimum atomic E-state index is 0.0798. The quantitative estimate of drug-likeness (QED) is 0.180. The first-order chi connectivity index (χ1) is 19.4. The van der Waals surface area contributed by atoms with Gasteiger partial charge in [-0.05, 0) is 72.6 Å². The molecule has 0 radical (unpaired) electrons. The van der Waals surface area contributed by atoms with Crippen LogP contribution in [0.2, 0.25) is 0 Å². The van der Waals surface area contributed by atoms with E-state index in [0.29, 0.717) is 11.8 Å². The van der Waals surface area contributed by atoms with E-state index in [9.17, 15) is 9.59 Å². The first kappa shape index (κ1) is 30.6. The summed E-state index contributed by atoms with van der Waals surface area (Å²) in [6.07, 6.45) is 6.92. The number of hydrogen-bond donors (Lipinski definition) is 3. The lowest BCUT2D eigenvalue weighted by atomic mass is 9.93. The fourth-order valence-electron chi connectivity index (χ4n) is 5.33. The molecule has 6 nitrogen and oxygen atoms in total. The van der Waals surface area contributed by atoms with E-state index in [-0.39, 0.29) is 17.7 Å². The highest BCUT2D eigenvalue weighted by Gasteiger charge is 2.35. The molecule has 40 heavy (non-hydrogen) atoms. The number of hydrogen-bond acceptors (Lipinski definition) is 5. The van der Waals surface area contributed by atoms with Crippen LogP contribution in [-0.4, -0.2) is 32.5 Å². The Labute approximate surface area is 239 Å². The number of nitrogens with one attached hydrogen (secondary N) is 3. The van der Waals surface area contributed by atoms with Crippen LogP contribution in [0.3, 0.4) is 0 Å². The Kier molecular flexibility index (Phi) is 11.9. The maximum Gasteiger partial charge on any atom is 0.227 e. The molecule has 3 aromatic rings. The predicted octanol–water partition coefficient (Wildman–Crippen LogP) is 7.91. The van der Waals surface area contributed by atoms with Crippen molar-refractivity contribution in [1.82, 2.24) is 0 Å². The van der Waals surface area contributed by atoms with Crippen LogP contribution in [0.25, 0.3) is 0 Å². The van der Waals surface area contributed by atoms with Gasteiger partial charge in [0.25, 0.3) is 0 Å². The number of amides is 1. The van der Waals surface area contributed by atoms with Gasteiger partial charge < -0.3 is 20.7 Å². The van der Waals surface area contributed by atoms with Gasteiger partial charge in [-0.1, -0.05) is 69.7 Å². The van der Waals surface area contributed by atoms with Crippen LogP contribution < -0.4 is 16.0 Å². The molecule has 4 unspecified atom stereocenters. The van der Waals surface area contributed by atoms with Gasteiger partial charge >= 0.3 is 0 Å². The molecule has 1 fully saturated rings. The standard InChI is InChI=1S/C24H32N4O.C10H12O/c1-5-18-12-16(2)13-21(18)24(29)28-20-10-11-22(26-4)23(14-20)27-15-17-6-8-19(25-3)9-7-17;1-2-9(8-11)10-6-4-3-5-7-10/h6-11,14-16,18,21,25-26H,5,12-13H2,1-4H3,(H,28,29);3-9H,2H2,1H3. The molecular weight excluding hydrogens is 496 g/mol. The SMILES string of the molecule is CCC(C=O)c1ccccc1.CCC1CC(C)CC1C(=O)Nc1ccc(NC)c(N=Cc2ccc(NC)cc2)c1.